The van der Waals surface area contributed by atoms with Gasteiger partial charge in [0.1, 0.15) is 0 Å². The second-order valence-corrected chi connectivity index (χ2v) is 5.69. The lowest BCUT2D eigenvalue weighted by Gasteiger charge is -2.41. The topological polar surface area (TPSA) is 58.4 Å². The standard InChI is InChI=1S/C13H16F3N3O2/c1-12(2)8-18(6-5-17-12)11-4-3-9(19(20)21)7-10(11)13(14,15)16/h3-4,7,17H,5-6,8H2,1-2H3. The first-order chi connectivity index (χ1) is 9.60. The van der Waals surface area contributed by atoms with Gasteiger partial charge in [-0.2, -0.15) is 13.2 Å². The van der Waals surface area contributed by atoms with Crippen LogP contribution in [0.2, 0.25) is 0 Å². The van der Waals surface area contributed by atoms with Crippen LogP contribution in [0.5, 0.6) is 0 Å². The van der Waals surface area contributed by atoms with Crippen molar-refractivity contribution in [3.63, 3.8) is 0 Å². The lowest BCUT2D eigenvalue weighted by Crippen LogP contribution is -2.57. The summed E-state index contributed by atoms with van der Waals surface area (Å²) < 4.78 is 39.5. The summed E-state index contributed by atoms with van der Waals surface area (Å²) in [5.41, 5.74) is -1.85. The summed E-state index contributed by atoms with van der Waals surface area (Å²) in [4.78, 5) is 11.5. The normalized spacial score (nSPS) is 18.6. The summed E-state index contributed by atoms with van der Waals surface area (Å²) in [7, 11) is 0. The zero-order chi connectivity index (χ0) is 15.8. The van der Waals surface area contributed by atoms with Gasteiger partial charge in [0.05, 0.1) is 10.5 Å². The number of nitro groups is 1. The molecular weight excluding hydrogens is 287 g/mol. The van der Waals surface area contributed by atoms with Crippen LogP contribution < -0.4 is 10.2 Å². The number of halogens is 3. The molecule has 1 aliphatic heterocycles. The van der Waals surface area contributed by atoms with Crippen molar-refractivity contribution in [1.29, 1.82) is 0 Å². The van der Waals surface area contributed by atoms with Crippen molar-refractivity contribution < 1.29 is 18.1 Å². The van der Waals surface area contributed by atoms with Crippen LogP contribution in [0.4, 0.5) is 24.5 Å². The Kier molecular flexibility index (Phi) is 3.83. The average molecular weight is 303 g/mol. The predicted octanol–water partition coefficient (Wildman–Crippen LogP) is 2.80. The van der Waals surface area contributed by atoms with E-state index in [9.17, 15) is 23.3 Å². The number of hydrogen-bond donors (Lipinski definition) is 1. The zero-order valence-corrected chi connectivity index (χ0v) is 11.7. The molecule has 0 unspecified atom stereocenters. The fourth-order valence-electron chi connectivity index (χ4n) is 2.49. The highest BCUT2D eigenvalue weighted by Gasteiger charge is 2.38. The Labute approximate surface area is 119 Å². The number of rotatable bonds is 2. The van der Waals surface area contributed by atoms with E-state index in [0.29, 0.717) is 25.7 Å². The summed E-state index contributed by atoms with van der Waals surface area (Å²) in [6, 6.07) is 2.90. The first kappa shape index (κ1) is 15.6. The van der Waals surface area contributed by atoms with E-state index < -0.39 is 22.4 Å². The number of piperazine rings is 1. The highest BCUT2D eigenvalue weighted by atomic mass is 19.4. The second-order valence-electron chi connectivity index (χ2n) is 5.69. The fourth-order valence-corrected chi connectivity index (χ4v) is 2.49. The van der Waals surface area contributed by atoms with Gasteiger partial charge >= 0.3 is 6.18 Å². The molecule has 0 bridgehead atoms. The third-order valence-corrected chi connectivity index (χ3v) is 3.41. The van der Waals surface area contributed by atoms with E-state index in [0.717, 1.165) is 6.07 Å². The molecule has 1 saturated heterocycles. The third kappa shape index (κ3) is 3.44. The number of nitrogens with one attached hydrogen (secondary N) is 1. The molecular formula is C13H16F3N3O2. The average Bonchev–Trinajstić information content (AvgIpc) is 2.35. The molecule has 1 N–H and O–H groups in total. The van der Waals surface area contributed by atoms with Crippen LogP contribution in [0.25, 0.3) is 0 Å². The largest absolute Gasteiger partial charge is 0.418 e. The zero-order valence-electron chi connectivity index (χ0n) is 11.7. The molecule has 1 fully saturated rings. The van der Waals surface area contributed by atoms with Crippen LogP contribution in [0.3, 0.4) is 0 Å². The molecule has 0 radical (unpaired) electrons. The molecule has 0 saturated carbocycles. The summed E-state index contributed by atoms with van der Waals surface area (Å²) in [6.45, 7) is 5.18. The first-order valence-electron chi connectivity index (χ1n) is 6.46. The highest BCUT2D eigenvalue weighted by Crippen LogP contribution is 2.39. The molecule has 1 aliphatic rings. The van der Waals surface area contributed by atoms with Gasteiger partial charge in [-0.3, -0.25) is 10.1 Å². The molecule has 0 spiro atoms. The van der Waals surface area contributed by atoms with Crippen LogP contribution in [0, 0.1) is 10.1 Å². The monoisotopic (exact) mass is 303 g/mol. The summed E-state index contributed by atoms with van der Waals surface area (Å²) >= 11 is 0. The fraction of sp³-hybridized carbons (Fsp3) is 0.538. The quantitative estimate of drug-likeness (QED) is 0.674. The van der Waals surface area contributed by atoms with E-state index in [4.69, 9.17) is 0 Å². The first-order valence-corrected chi connectivity index (χ1v) is 6.46. The predicted molar refractivity (Wildman–Crippen MR) is 72.4 cm³/mol. The minimum Gasteiger partial charge on any atom is -0.368 e. The number of non-ortho nitro benzene ring substituents is 1. The minimum atomic E-state index is -4.63. The number of nitro benzene ring substituents is 1. The van der Waals surface area contributed by atoms with E-state index >= 15 is 0 Å². The van der Waals surface area contributed by atoms with Gasteiger partial charge in [-0.15, -0.1) is 0 Å². The van der Waals surface area contributed by atoms with Crippen molar-refractivity contribution >= 4 is 11.4 Å². The molecule has 2 rings (SSSR count). The van der Waals surface area contributed by atoms with Gasteiger partial charge < -0.3 is 10.2 Å². The van der Waals surface area contributed by atoms with Crippen molar-refractivity contribution in [2.24, 2.45) is 0 Å². The number of nitrogens with zero attached hydrogens (tertiary/aromatic N) is 2. The summed E-state index contributed by atoms with van der Waals surface area (Å²) in [5.74, 6) is 0. The molecule has 0 amide bonds. The van der Waals surface area contributed by atoms with Gasteiger partial charge in [0.25, 0.3) is 5.69 Å². The van der Waals surface area contributed by atoms with Gasteiger partial charge in [-0.25, -0.2) is 0 Å². The highest BCUT2D eigenvalue weighted by molar-refractivity contribution is 5.59. The molecule has 116 valence electrons. The van der Waals surface area contributed by atoms with Gasteiger partial charge in [0, 0.05) is 43.0 Å². The van der Waals surface area contributed by atoms with Crippen LogP contribution in [0.1, 0.15) is 19.4 Å². The number of benzene rings is 1. The molecule has 0 atom stereocenters. The Morgan fingerprint density at radius 1 is 1.38 bits per heavy atom. The molecule has 8 heteroatoms. The van der Waals surface area contributed by atoms with Crippen molar-refractivity contribution in [2.45, 2.75) is 25.6 Å². The molecule has 5 nitrogen and oxygen atoms in total. The van der Waals surface area contributed by atoms with Gasteiger partial charge in [-0.1, -0.05) is 0 Å². The van der Waals surface area contributed by atoms with Crippen molar-refractivity contribution in [3.05, 3.63) is 33.9 Å². The smallest absolute Gasteiger partial charge is 0.368 e. The molecule has 0 aromatic heterocycles. The SMILES string of the molecule is CC1(C)CN(c2ccc([N+](=O)[O-])cc2C(F)(F)F)CCN1. The van der Waals surface area contributed by atoms with Crippen molar-refractivity contribution in [2.75, 3.05) is 24.5 Å². The summed E-state index contributed by atoms with van der Waals surface area (Å²) in [6.07, 6.45) is -4.63. The number of alkyl halides is 3. The number of hydrogen-bond acceptors (Lipinski definition) is 4. The van der Waals surface area contributed by atoms with E-state index in [2.05, 4.69) is 5.32 Å². The molecule has 0 aliphatic carbocycles. The maximum Gasteiger partial charge on any atom is 0.418 e. The minimum absolute atomic E-state index is 0.0114. The van der Waals surface area contributed by atoms with Crippen molar-refractivity contribution in [3.8, 4) is 0 Å². The van der Waals surface area contributed by atoms with Gasteiger partial charge in [0.15, 0.2) is 0 Å². The Balaban J connectivity index is 2.45. The molecule has 1 aromatic rings. The Morgan fingerprint density at radius 2 is 2.05 bits per heavy atom. The molecule has 1 heterocycles. The maximum absolute atomic E-state index is 13.2. The van der Waals surface area contributed by atoms with E-state index in [-0.39, 0.29) is 11.2 Å². The molecule has 1 aromatic carbocycles. The van der Waals surface area contributed by atoms with E-state index in [1.165, 1.54) is 6.07 Å². The van der Waals surface area contributed by atoms with Crippen molar-refractivity contribution in [1.82, 2.24) is 5.32 Å². The van der Waals surface area contributed by atoms with Crippen LogP contribution in [-0.4, -0.2) is 30.1 Å². The molecule has 21 heavy (non-hydrogen) atoms. The Hall–Kier alpha value is -1.83. The van der Waals surface area contributed by atoms with E-state index in [1.807, 2.05) is 13.8 Å². The summed E-state index contributed by atoms with van der Waals surface area (Å²) in [5, 5.41) is 13.9. The lowest BCUT2D eigenvalue weighted by molar-refractivity contribution is -0.385. The lowest BCUT2D eigenvalue weighted by atomic mass is 10.0. The number of anilines is 1. The van der Waals surface area contributed by atoms with E-state index in [1.54, 1.807) is 4.90 Å². The second kappa shape index (κ2) is 5.18. The van der Waals surface area contributed by atoms with Gasteiger partial charge in [-0.05, 0) is 19.9 Å². The maximum atomic E-state index is 13.2. The van der Waals surface area contributed by atoms with Crippen LogP contribution in [0.15, 0.2) is 18.2 Å². The Bertz CT molecular complexity index is 558. The van der Waals surface area contributed by atoms with Crippen LogP contribution in [-0.2, 0) is 6.18 Å². The third-order valence-electron chi connectivity index (χ3n) is 3.41. The van der Waals surface area contributed by atoms with Crippen LogP contribution >= 0.6 is 0 Å². The Morgan fingerprint density at radius 3 is 2.57 bits per heavy atom. The van der Waals surface area contributed by atoms with Gasteiger partial charge in [0.2, 0.25) is 0 Å².